The average Bonchev–Trinajstić information content (AvgIpc) is 2.05. The van der Waals surface area contributed by atoms with Crippen LogP contribution in [0.15, 0.2) is 0 Å². The Hall–Kier alpha value is -0.120. The minimum absolute atomic E-state index is 0.617. The van der Waals surface area contributed by atoms with Crippen molar-refractivity contribution < 1.29 is 4.84 Å². The molecule has 0 unspecified atom stereocenters. The Morgan fingerprint density at radius 3 is 2.50 bits per heavy atom. The van der Waals surface area contributed by atoms with Gasteiger partial charge in [-0.1, -0.05) is 0 Å². The minimum atomic E-state index is 0.617. The summed E-state index contributed by atoms with van der Waals surface area (Å²) in [5, 5.41) is 5.26. The zero-order valence-corrected chi connectivity index (χ0v) is 6.76. The second-order valence-electron chi connectivity index (χ2n) is 2.71. The van der Waals surface area contributed by atoms with Gasteiger partial charge in [0.2, 0.25) is 0 Å². The van der Waals surface area contributed by atoms with Gasteiger partial charge in [-0.2, -0.15) is 5.06 Å². The Balaban J connectivity index is 2.24. The first-order valence-corrected chi connectivity index (χ1v) is 3.82. The largest absolute Gasteiger partial charge is 0.317 e. The highest BCUT2D eigenvalue weighted by molar-refractivity contribution is 4.71. The van der Waals surface area contributed by atoms with Crippen LogP contribution >= 0.6 is 0 Å². The zero-order chi connectivity index (χ0) is 7.40. The van der Waals surface area contributed by atoms with E-state index in [1.54, 1.807) is 7.11 Å². The van der Waals surface area contributed by atoms with E-state index in [9.17, 15) is 0 Å². The molecule has 0 bridgehead atoms. The Kier molecular flexibility index (Phi) is 3.12. The molecule has 1 saturated heterocycles. The predicted molar refractivity (Wildman–Crippen MR) is 40.7 cm³/mol. The van der Waals surface area contributed by atoms with Gasteiger partial charge in [0.25, 0.3) is 0 Å². The smallest absolute Gasteiger partial charge is 0.0575 e. The first-order chi connectivity index (χ1) is 4.84. The summed E-state index contributed by atoms with van der Waals surface area (Å²) in [6.07, 6.45) is 2.40. The number of hydroxylamine groups is 2. The van der Waals surface area contributed by atoms with Gasteiger partial charge in [-0.25, -0.2) is 0 Å². The van der Waals surface area contributed by atoms with Crippen molar-refractivity contribution in [2.45, 2.75) is 18.9 Å². The molecule has 3 nitrogen and oxygen atoms in total. The molecule has 0 radical (unpaired) electrons. The van der Waals surface area contributed by atoms with Crippen molar-refractivity contribution in [3.8, 4) is 0 Å². The van der Waals surface area contributed by atoms with Gasteiger partial charge >= 0.3 is 0 Å². The van der Waals surface area contributed by atoms with E-state index in [2.05, 4.69) is 5.32 Å². The second kappa shape index (κ2) is 3.91. The number of nitrogens with zero attached hydrogens (tertiary/aromatic N) is 1. The number of piperidine rings is 1. The topological polar surface area (TPSA) is 24.5 Å². The molecule has 0 aromatic carbocycles. The van der Waals surface area contributed by atoms with Crippen LogP contribution < -0.4 is 5.32 Å². The molecule has 0 saturated carbocycles. The number of rotatable bonds is 2. The molecule has 1 rings (SSSR count). The molecule has 0 atom stereocenters. The molecule has 1 aliphatic heterocycles. The maximum Gasteiger partial charge on any atom is 0.0575 e. The first-order valence-electron chi connectivity index (χ1n) is 3.82. The molecular weight excluding hydrogens is 128 g/mol. The quantitative estimate of drug-likeness (QED) is 0.561. The van der Waals surface area contributed by atoms with Crippen molar-refractivity contribution in [2.75, 3.05) is 27.2 Å². The molecule has 0 aromatic heterocycles. The lowest BCUT2D eigenvalue weighted by molar-refractivity contribution is -0.146. The summed E-state index contributed by atoms with van der Waals surface area (Å²) in [5.41, 5.74) is 0. The Bertz CT molecular complexity index is 91.6. The van der Waals surface area contributed by atoms with E-state index < -0.39 is 0 Å². The van der Waals surface area contributed by atoms with Crippen molar-refractivity contribution in [1.29, 1.82) is 0 Å². The lowest BCUT2D eigenvalue weighted by Crippen LogP contribution is -2.40. The molecule has 0 amide bonds. The standard InChI is InChI=1S/C7H16N2O/c1-9(10-2)7-3-5-8-6-4-7/h7-8H,3-6H2,1-2H3. The SMILES string of the molecule is CON(C)C1CCNCC1. The molecule has 0 aliphatic carbocycles. The van der Waals surface area contributed by atoms with Crippen LogP contribution in [0, 0.1) is 0 Å². The molecule has 1 aliphatic rings. The summed E-state index contributed by atoms with van der Waals surface area (Å²) in [5.74, 6) is 0. The molecule has 10 heavy (non-hydrogen) atoms. The van der Waals surface area contributed by atoms with Crippen LogP contribution in [0.3, 0.4) is 0 Å². The van der Waals surface area contributed by atoms with Crippen molar-refractivity contribution in [1.82, 2.24) is 10.4 Å². The van der Waals surface area contributed by atoms with Crippen LogP contribution in [0.5, 0.6) is 0 Å². The number of hydrogen-bond donors (Lipinski definition) is 1. The van der Waals surface area contributed by atoms with Crippen LogP contribution in [-0.2, 0) is 4.84 Å². The normalized spacial score (nSPS) is 21.9. The lowest BCUT2D eigenvalue weighted by Gasteiger charge is -2.29. The monoisotopic (exact) mass is 144 g/mol. The third-order valence-electron chi connectivity index (χ3n) is 2.11. The van der Waals surface area contributed by atoms with Crippen LogP contribution in [-0.4, -0.2) is 38.4 Å². The fraction of sp³-hybridized carbons (Fsp3) is 1.00. The number of nitrogens with one attached hydrogen (secondary N) is 1. The van der Waals surface area contributed by atoms with E-state index in [0.717, 1.165) is 13.1 Å². The first kappa shape index (κ1) is 7.98. The maximum absolute atomic E-state index is 5.10. The summed E-state index contributed by atoms with van der Waals surface area (Å²) in [7, 11) is 3.72. The van der Waals surface area contributed by atoms with E-state index in [1.165, 1.54) is 12.8 Å². The number of hydrogen-bond acceptors (Lipinski definition) is 3. The highest BCUT2D eigenvalue weighted by Crippen LogP contribution is 2.08. The molecule has 0 aromatic rings. The summed E-state index contributed by atoms with van der Waals surface area (Å²) >= 11 is 0. The summed E-state index contributed by atoms with van der Waals surface area (Å²) < 4.78 is 0. The van der Waals surface area contributed by atoms with Gasteiger partial charge in [-0.05, 0) is 25.9 Å². The van der Waals surface area contributed by atoms with E-state index in [1.807, 2.05) is 12.1 Å². The molecule has 1 fully saturated rings. The van der Waals surface area contributed by atoms with Crippen LogP contribution in [0.1, 0.15) is 12.8 Å². The van der Waals surface area contributed by atoms with Crippen molar-refractivity contribution in [2.24, 2.45) is 0 Å². The predicted octanol–water partition coefficient (Wildman–Crippen LogP) is 0.232. The summed E-state index contributed by atoms with van der Waals surface area (Å²) in [4.78, 5) is 5.10. The van der Waals surface area contributed by atoms with Gasteiger partial charge in [0.05, 0.1) is 7.11 Å². The van der Waals surface area contributed by atoms with Crippen molar-refractivity contribution in [3.63, 3.8) is 0 Å². The molecule has 0 spiro atoms. The molecular formula is C7H16N2O. The van der Waals surface area contributed by atoms with E-state index >= 15 is 0 Å². The summed E-state index contributed by atoms with van der Waals surface area (Å²) in [6.45, 7) is 2.25. The molecule has 1 N–H and O–H groups in total. The van der Waals surface area contributed by atoms with Gasteiger partial charge < -0.3 is 10.2 Å². The fourth-order valence-electron chi connectivity index (χ4n) is 1.32. The Morgan fingerprint density at radius 2 is 2.00 bits per heavy atom. The third kappa shape index (κ3) is 1.94. The Labute approximate surface area is 62.3 Å². The highest BCUT2D eigenvalue weighted by atomic mass is 16.7. The lowest BCUT2D eigenvalue weighted by atomic mass is 10.1. The van der Waals surface area contributed by atoms with E-state index in [0.29, 0.717) is 6.04 Å². The fourth-order valence-corrected chi connectivity index (χ4v) is 1.32. The van der Waals surface area contributed by atoms with Gasteiger partial charge in [0.1, 0.15) is 0 Å². The van der Waals surface area contributed by atoms with Crippen LogP contribution in [0.2, 0.25) is 0 Å². The second-order valence-corrected chi connectivity index (χ2v) is 2.71. The van der Waals surface area contributed by atoms with Crippen molar-refractivity contribution in [3.05, 3.63) is 0 Å². The molecule has 3 heteroatoms. The molecule has 1 heterocycles. The van der Waals surface area contributed by atoms with E-state index in [-0.39, 0.29) is 0 Å². The van der Waals surface area contributed by atoms with Crippen LogP contribution in [0.4, 0.5) is 0 Å². The van der Waals surface area contributed by atoms with Gasteiger partial charge in [0, 0.05) is 13.1 Å². The van der Waals surface area contributed by atoms with Gasteiger partial charge in [-0.3, -0.25) is 0 Å². The zero-order valence-electron chi connectivity index (χ0n) is 6.76. The minimum Gasteiger partial charge on any atom is -0.317 e. The van der Waals surface area contributed by atoms with Gasteiger partial charge in [0.15, 0.2) is 0 Å². The molecule has 60 valence electrons. The maximum atomic E-state index is 5.10. The summed E-state index contributed by atoms with van der Waals surface area (Å²) in [6, 6.07) is 0.617. The van der Waals surface area contributed by atoms with Gasteiger partial charge in [-0.15, -0.1) is 0 Å². The average molecular weight is 144 g/mol. The Morgan fingerprint density at radius 1 is 1.40 bits per heavy atom. The van der Waals surface area contributed by atoms with Crippen molar-refractivity contribution >= 4 is 0 Å². The van der Waals surface area contributed by atoms with E-state index in [4.69, 9.17) is 4.84 Å². The third-order valence-corrected chi connectivity index (χ3v) is 2.11. The highest BCUT2D eigenvalue weighted by Gasteiger charge is 2.16. The van der Waals surface area contributed by atoms with Crippen LogP contribution in [0.25, 0.3) is 0 Å².